The first-order valence-electron chi connectivity index (χ1n) is 11.2. The summed E-state index contributed by atoms with van der Waals surface area (Å²) in [4.78, 5) is 30.1. The van der Waals surface area contributed by atoms with E-state index in [1.807, 2.05) is 19.1 Å². The number of likely N-dealkylation sites (tertiary alicyclic amines) is 1. The minimum Gasteiger partial charge on any atom is -0.507 e. The Bertz CT molecular complexity index is 1040. The summed E-state index contributed by atoms with van der Waals surface area (Å²) in [5, 5.41) is 11.2. The van der Waals surface area contributed by atoms with E-state index in [4.69, 9.17) is 9.47 Å². The van der Waals surface area contributed by atoms with Gasteiger partial charge in [0.1, 0.15) is 5.76 Å². The van der Waals surface area contributed by atoms with Crippen LogP contribution in [-0.2, 0) is 9.59 Å². The van der Waals surface area contributed by atoms with Crippen LogP contribution in [0.2, 0.25) is 0 Å². The summed E-state index contributed by atoms with van der Waals surface area (Å²) in [6.07, 6.45) is 0. The number of methoxy groups -OCH3 is 2. The zero-order valence-corrected chi connectivity index (χ0v) is 19.9. The Morgan fingerprint density at radius 2 is 1.70 bits per heavy atom. The summed E-state index contributed by atoms with van der Waals surface area (Å²) >= 11 is 0. The van der Waals surface area contributed by atoms with Crippen LogP contribution in [0.5, 0.6) is 11.5 Å². The van der Waals surface area contributed by atoms with Gasteiger partial charge in [0.05, 0.1) is 25.8 Å². The van der Waals surface area contributed by atoms with Crippen molar-refractivity contribution in [1.29, 1.82) is 0 Å². The standard InChI is InChI=1S/C26H32N2O5/c1-6-27(7-2)15-16-28-22(19-9-8-10-20(32-4)25(19)33-5)21(24(30)26(28)31)23(29)18-13-11-17(3)12-14-18/h8-14,22,29H,6-7,15-16H2,1-5H3/t22-/m1/s1. The molecule has 0 aliphatic carbocycles. The van der Waals surface area contributed by atoms with Crippen LogP contribution in [0.3, 0.4) is 0 Å². The third-order valence-electron chi connectivity index (χ3n) is 6.14. The highest BCUT2D eigenvalue weighted by Gasteiger charge is 2.47. The SMILES string of the molecule is CCN(CC)CCN1C(=O)C(=O)C(=C(O)c2ccc(C)cc2)[C@H]1c1cccc(OC)c1OC. The lowest BCUT2D eigenvalue weighted by molar-refractivity contribution is -0.140. The molecule has 1 saturated heterocycles. The predicted octanol–water partition coefficient (Wildman–Crippen LogP) is 3.78. The third kappa shape index (κ3) is 4.73. The number of carbonyl (C=O) groups excluding carboxylic acids is 2. The molecule has 33 heavy (non-hydrogen) atoms. The van der Waals surface area contributed by atoms with Gasteiger partial charge in [-0.1, -0.05) is 55.8 Å². The van der Waals surface area contributed by atoms with Crippen molar-refractivity contribution in [2.45, 2.75) is 26.8 Å². The Labute approximate surface area is 195 Å². The topological polar surface area (TPSA) is 79.3 Å². The highest BCUT2D eigenvalue weighted by atomic mass is 16.5. The number of likely N-dealkylation sites (N-methyl/N-ethyl adjacent to an activating group) is 1. The van der Waals surface area contributed by atoms with Crippen LogP contribution in [0.15, 0.2) is 48.0 Å². The molecule has 1 fully saturated rings. The number of nitrogens with zero attached hydrogens (tertiary/aromatic N) is 2. The van der Waals surface area contributed by atoms with Gasteiger partial charge in [0, 0.05) is 24.2 Å². The maximum atomic E-state index is 13.2. The summed E-state index contributed by atoms with van der Waals surface area (Å²) < 4.78 is 11.1. The van der Waals surface area contributed by atoms with E-state index in [-0.39, 0.29) is 11.3 Å². The van der Waals surface area contributed by atoms with Crippen molar-refractivity contribution in [3.8, 4) is 11.5 Å². The van der Waals surface area contributed by atoms with Gasteiger partial charge < -0.3 is 24.4 Å². The van der Waals surface area contributed by atoms with Crippen molar-refractivity contribution in [2.75, 3.05) is 40.4 Å². The minimum absolute atomic E-state index is 0.0509. The van der Waals surface area contributed by atoms with Gasteiger partial charge in [-0.05, 0) is 26.1 Å². The van der Waals surface area contributed by atoms with Crippen LogP contribution in [0.4, 0.5) is 0 Å². The summed E-state index contributed by atoms with van der Waals surface area (Å²) in [5.41, 5.74) is 2.14. The van der Waals surface area contributed by atoms with E-state index in [0.717, 1.165) is 18.7 Å². The lowest BCUT2D eigenvalue weighted by atomic mass is 9.94. The second kappa shape index (κ2) is 10.5. The molecule has 0 saturated carbocycles. The van der Waals surface area contributed by atoms with Crippen molar-refractivity contribution in [2.24, 2.45) is 0 Å². The number of benzene rings is 2. The van der Waals surface area contributed by atoms with Crippen LogP contribution in [0.25, 0.3) is 5.76 Å². The number of para-hydroxylation sites is 1. The average Bonchev–Trinajstić information content (AvgIpc) is 3.08. The molecule has 1 aliphatic rings. The Hall–Kier alpha value is -3.32. The molecule has 3 rings (SSSR count). The van der Waals surface area contributed by atoms with Crippen molar-refractivity contribution >= 4 is 17.4 Å². The van der Waals surface area contributed by atoms with Gasteiger partial charge >= 0.3 is 0 Å². The molecule has 1 amide bonds. The van der Waals surface area contributed by atoms with Crippen LogP contribution in [0.1, 0.15) is 36.6 Å². The van der Waals surface area contributed by atoms with Gasteiger partial charge in [-0.25, -0.2) is 0 Å². The molecule has 1 N–H and O–H groups in total. The van der Waals surface area contributed by atoms with Crippen molar-refractivity contribution in [3.63, 3.8) is 0 Å². The van der Waals surface area contributed by atoms with Crippen LogP contribution < -0.4 is 9.47 Å². The first-order valence-corrected chi connectivity index (χ1v) is 11.2. The van der Waals surface area contributed by atoms with Gasteiger partial charge in [-0.2, -0.15) is 0 Å². The highest BCUT2D eigenvalue weighted by molar-refractivity contribution is 6.46. The molecule has 2 aromatic rings. The Morgan fingerprint density at radius 1 is 1.03 bits per heavy atom. The van der Waals surface area contributed by atoms with Crippen molar-refractivity contribution < 1.29 is 24.2 Å². The predicted molar refractivity (Wildman–Crippen MR) is 128 cm³/mol. The molecule has 0 unspecified atom stereocenters. The molecule has 1 heterocycles. The molecule has 2 aromatic carbocycles. The number of ketones is 1. The summed E-state index contributed by atoms with van der Waals surface area (Å²) in [6, 6.07) is 11.7. The van der Waals surface area contributed by atoms with Crippen LogP contribution in [0, 0.1) is 6.92 Å². The zero-order valence-electron chi connectivity index (χ0n) is 19.9. The fraction of sp³-hybridized carbons (Fsp3) is 0.385. The van der Waals surface area contributed by atoms with E-state index >= 15 is 0 Å². The molecule has 1 aliphatic heterocycles. The molecular weight excluding hydrogens is 420 g/mol. The zero-order chi connectivity index (χ0) is 24.1. The van der Waals surface area contributed by atoms with Gasteiger partial charge in [0.2, 0.25) is 0 Å². The largest absolute Gasteiger partial charge is 0.507 e. The molecule has 0 radical (unpaired) electrons. The first-order chi connectivity index (χ1) is 15.9. The third-order valence-corrected chi connectivity index (χ3v) is 6.14. The molecule has 0 spiro atoms. The van der Waals surface area contributed by atoms with Crippen molar-refractivity contribution in [3.05, 3.63) is 64.7 Å². The minimum atomic E-state index is -0.799. The second-order valence-corrected chi connectivity index (χ2v) is 7.97. The van der Waals surface area contributed by atoms with E-state index in [1.165, 1.54) is 19.1 Å². The van der Waals surface area contributed by atoms with Gasteiger partial charge in [0.25, 0.3) is 11.7 Å². The average molecular weight is 453 g/mol. The van der Waals surface area contributed by atoms with Crippen molar-refractivity contribution in [1.82, 2.24) is 9.80 Å². The molecule has 0 aromatic heterocycles. The van der Waals surface area contributed by atoms with Gasteiger partial charge in [-0.15, -0.1) is 0 Å². The number of aliphatic hydroxyl groups excluding tert-OH is 1. The normalized spacial score (nSPS) is 17.6. The molecule has 176 valence electrons. The number of carbonyl (C=O) groups is 2. The monoisotopic (exact) mass is 452 g/mol. The fourth-order valence-corrected chi connectivity index (χ4v) is 4.22. The Kier molecular flexibility index (Phi) is 7.76. The summed E-state index contributed by atoms with van der Waals surface area (Å²) in [5.74, 6) is -0.629. The quantitative estimate of drug-likeness (QED) is 0.354. The van der Waals surface area contributed by atoms with E-state index in [1.54, 1.807) is 30.3 Å². The Morgan fingerprint density at radius 3 is 2.27 bits per heavy atom. The number of hydrogen-bond acceptors (Lipinski definition) is 6. The smallest absolute Gasteiger partial charge is 0.295 e. The summed E-state index contributed by atoms with van der Waals surface area (Å²) in [7, 11) is 3.05. The number of rotatable bonds is 9. The number of aryl methyl sites for hydroxylation is 1. The van der Waals surface area contributed by atoms with Crippen LogP contribution in [-0.4, -0.2) is 67.0 Å². The summed E-state index contributed by atoms with van der Waals surface area (Å²) in [6.45, 7) is 8.65. The molecule has 0 bridgehead atoms. The first kappa shape index (κ1) is 24.3. The molecular formula is C26H32N2O5. The molecule has 7 nitrogen and oxygen atoms in total. The van der Waals surface area contributed by atoms with E-state index in [9.17, 15) is 14.7 Å². The lowest BCUT2D eigenvalue weighted by Gasteiger charge is -2.29. The van der Waals surface area contributed by atoms with E-state index in [0.29, 0.717) is 35.7 Å². The number of ether oxygens (including phenoxy) is 2. The molecule has 1 atom stereocenters. The number of Topliss-reactive ketones (excluding diaryl/α,β-unsaturated/α-hetero) is 1. The lowest BCUT2D eigenvalue weighted by Crippen LogP contribution is -2.38. The fourth-order valence-electron chi connectivity index (χ4n) is 4.22. The molecule has 7 heteroatoms. The Balaban J connectivity index is 2.19. The maximum Gasteiger partial charge on any atom is 0.295 e. The van der Waals surface area contributed by atoms with Gasteiger partial charge in [-0.3, -0.25) is 9.59 Å². The second-order valence-electron chi connectivity index (χ2n) is 7.97. The number of aliphatic hydroxyl groups is 1. The van der Waals surface area contributed by atoms with Crippen LogP contribution >= 0.6 is 0 Å². The number of amides is 1. The maximum absolute atomic E-state index is 13.2. The van der Waals surface area contributed by atoms with E-state index in [2.05, 4.69) is 18.7 Å². The highest BCUT2D eigenvalue weighted by Crippen LogP contribution is 2.45. The van der Waals surface area contributed by atoms with Gasteiger partial charge in [0.15, 0.2) is 11.5 Å². The van der Waals surface area contributed by atoms with E-state index < -0.39 is 17.7 Å². The number of hydrogen-bond donors (Lipinski definition) is 1.